The zero-order valence-electron chi connectivity index (χ0n) is 49.5. The molecule has 9 heteroatoms. The van der Waals surface area contributed by atoms with Gasteiger partial charge in [-0.25, -0.2) is 0 Å². The molecule has 434 valence electrons. The third-order valence-electron chi connectivity index (χ3n) is 13.5. The topological polar surface area (TPSA) is 108 Å². The first-order chi connectivity index (χ1) is 36.5. The van der Waals surface area contributed by atoms with Crippen LogP contribution in [0.2, 0.25) is 0 Å². The zero-order valence-corrected chi connectivity index (χ0v) is 50.4. The van der Waals surface area contributed by atoms with E-state index in [9.17, 15) is 19.4 Å². The highest BCUT2D eigenvalue weighted by atomic mass is 31.2. The molecule has 8 nitrogen and oxygen atoms in total. The lowest BCUT2D eigenvalue weighted by Gasteiger charge is -2.29. The summed E-state index contributed by atoms with van der Waals surface area (Å²) >= 11 is 0. The van der Waals surface area contributed by atoms with Gasteiger partial charge in [-0.15, -0.1) is 0 Å². The fourth-order valence-corrected chi connectivity index (χ4v) is 9.43. The number of unbranched alkanes of at least 4 members (excludes halogenated alkanes) is 29. The summed E-state index contributed by atoms with van der Waals surface area (Å²) in [7, 11) is 1.24. The predicted molar refractivity (Wildman–Crippen MR) is 325 cm³/mol. The molecule has 0 radical (unpaired) electrons. The number of hydrogen-bond donors (Lipinski definition) is 2. The Bertz CT molecular complexity index is 1540. The quantitative estimate of drug-likeness (QED) is 0.0272. The van der Waals surface area contributed by atoms with E-state index in [1.54, 1.807) is 6.08 Å². The van der Waals surface area contributed by atoms with Crippen LogP contribution in [0.3, 0.4) is 0 Å². The van der Waals surface area contributed by atoms with E-state index < -0.39 is 26.6 Å². The maximum atomic E-state index is 13.0. The van der Waals surface area contributed by atoms with Crippen molar-refractivity contribution >= 4 is 13.7 Å². The molecule has 0 aromatic rings. The zero-order chi connectivity index (χ0) is 54.9. The van der Waals surface area contributed by atoms with Gasteiger partial charge in [0.25, 0.3) is 7.82 Å². The van der Waals surface area contributed by atoms with Crippen molar-refractivity contribution in [2.75, 3.05) is 40.9 Å². The van der Waals surface area contributed by atoms with Gasteiger partial charge in [0.1, 0.15) is 13.2 Å². The van der Waals surface area contributed by atoms with E-state index in [1.165, 1.54) is 167 Å². The lowest BCUT2D eigenvalue weighted by molar-refractivity contribution is -0.870. The molecule has 0 aromatic heterocycles. The molecule has 0 fully saturated rings. The number of nitrogens with zero attached hydrogens (tertiary/aromatic N) is 1. The highest BCUT2D eigenvalue weighted by Gasteiger charge is 2.23. The maximum absolute atomic E-state index is 13.0. The third kappa shape index (κ3) is 58.9. The maximum Gasteiger partial charge on any atom is 0.268 e. The van der Waals surface area contributed by atoms with Gasteiger partial charge in [0.15, 0.2) is 0 Å². The number of rotatable bonds is 56. The van der Waals surface area contributed by atoms with Gasteiger partial charge in [0, 0.05) is 6.42 Å². The molecule has 0 rings (SSSR count). The molecule has 3 unspecified atom stereocenters. The molecule has 0 aliphatic carbocycles. The molecule has 0 aromatic carbocycles. The van der Waals surface area contributed by atoms with E-state index in [-0.39, 0.29) is 12.5 Å². The number of aliphatic hydroxyl groups excluding tert-OH is 1. The van der Waals surface area contributed by atoms with Crippen LogP contribution >= 0.6 is 7.82 Å². The van der Waals surface area contributed by atoms with Gasteiger partial charge in [-0.05, 0) is 83.5 Å². The van der Waals surface area contributed by atoms with Crippen molar-refractivity contribution in [1.82, 2.24) is 5.32 Å². The Hall–Kier alpha value is -2.58. The van der Waals surface area contributed by atoms with E-state index in [0.717, 1.165) is 77.0 Å². The SMILES string of the molecule is CC/C=C\C/C=C\C/C=C\C/C=C\C/C=C\C/C=C\CCCCCCCCCCCCCCCCCCCCCCC(=O)NC(COP(=O)([O-])OCC[N+](C)(C)C)C(O)/C=C/CC/C=C/CCCCCCCCCC. The number of carbonyl (C=O) groups is 1. The molecule has 0 aliphatic heterocycles. The Kier molecular flexibility index (Phi) is 54.2. The number of aliphatic hydroxyl groups is 1. The number of quaternary nitrogens is 1. The van der Waals surface area contributed by atoms with Gasteiger partial charge >= 0.3 is 0 Å². The van der Waals surface area contributed by atoms with Gasteiger partial charge < -0.3 is 28.8 Å². The second kappa shape index (κ2) is 56.2. The van der Waals surface area contributed by atoms with Crippen LogP contribution in [0.5, 0.6) is 0 Å². The van der Waals surface area contributed by atoms with E-state index in [2.05, 4.69) is 104 Å². The molecular formula is C66H119N2O6P. The highest BCUT2D eigenvalue weighted by Crippen LogP contribution is 2.38. The van der Waals surface area contributed by atoms with Crippen LogP contribution in [0.25, 0.3) is 0 Å². The summed E-state index contributed by atoms with van der Waals surface area (Å²) in [6.45, 7) is 4.51. The van der Waals surface area contributed by atoms with E-state index in [0.29, 0.717) is 17.4 Å². The average molecular weight is 1070 g/mol. The second-order valence-electron chi connectivity index (χ2n) is 22.0. The minimum absolute atomic E-state index is 0.00802. The number of carbonyl (C=O) groups excluding carboxylic acids is 1. The summed E-state index contributed by atoms with van der Waals surface area (Å²) in [4.78, 5) is 25.5. The molecule has 0 saturated heterocycles. The molecule has 0 spiro atoms. The fraction of sp³-hybridized carbons (Fsp3) is 0.742. The van der Waals surface area contributed by atoms with Crippen molar-refractivity contribution < 1.29 is 32.9 Å². The van der Waals surface area contributed by atoms with Crippen molar-refractivity contribution in [2.24, 2.45) is 0 Å². The first-order valence-corrected chi connectivity index (χ1v) is 32.6. The number of phosphoric ester groups is 1. The number of phosphoric acid groups is 1. The average Bonchev–Trinajstić information content (AvgIpc) is 3.37. The van der Waals surface area contributed by atoms with Crippen molar-refractivity contribution in [2.45, 2.75) is 276 Å². The van der Waals surface area contributed by atoms with Crippen LogP contribution < -0.4 is 10.2 Å². The summed E-state index contributed by atoms with van der Waals surface area (Å²) in [5, 5.41) is 13.8. The van der Waals surface area contributed by atoms with Gasteiger partial charge in [0.05, 0.1) is 39.9 Å². The van der Waals surface area contributed by atoms with E-state index in [4.69, 9.17) is 9.05 Å². The second-order valence-corrected chi connectivity index (χ2v) is 23.4. The van der Waals surface area contributed by atoms with Crippen LogP contribution in [0.4, 0.5) is 0 Å². The Labute approximate surface area is 464 Å². The molecular weight excluding hydrogens is 948 g/mol. The Morgan fingerprint density at radius 1 is 0.480 bits per heavy atom. The van der Waals surface area contributed by atoms with Crippen molar-refractivity contribution in [1.29, 1.82) is 0 Å². The van der Waals surface area contributed by atoms with Crippen LogP contribution in [0.15, 0.2) is 97.2 Å². The monoisotopic (exact) mass is 1070 g/mol. The standard InChI is InChI=1S/C66H119N2O6P/c1-6-8-10-12-14-16-18-20-22-23-24-25-26-27-28-29-30-31-32-33-34-35-36-37-38-39-40-41-42-43-44-45-46-48-50-52-54-56-58-60-66(70)67-64(63-74-75(71,72)73-62-61-68(3,4)5)65(69)59-57-55-53-51-49-47-21-19-17-15-13-11-9-7-2/h8,10,14,16,20,22,24-25,27-28,30-31,49,51,57,59,64-65,69H,6-7,9,11-13,15,17-19,21,23,26,29,32-48,50,52-56,58,60-63H2,1-5H3,(H-,67,70,71,72)/b10-8-,16-14-,22-20-,25-24-,28-27-,31-30-,51-49+,59-57+. The summed E-state index contributed by atoms with van der Waals surface area (Å²) < 4.78 is 23.3. The summed E-state index contributed by atoms with van der Waals surface area (Å²) in [5.41, 5.74) is 0. The highest BCUT2D eigenvalue weighted by molar-refractivity contribution is 7.45. The van der Waals surface area contributed by atoms with E-state index >= 15 is 0 Å². The van der Waals surface area contributed by atoms with E-state index in [1.807, 2.05) is 27.2 Å². The Morgan fingerprint density at radius 2 is 0.827 bits per heavy atom. The first kappa shape index (κ1) is 72.4. The number of hydrogen-bond acceptors (Lipinski definition) is 6. The summed E-state index contributed by atoms with van der Waals surface area (Å²) in [6, 6.07) is -0.905. The van der Waals surface area contributed by atoms with Crippen molar-refractivity contribution in [3.63, 3.8) is 0 Å². The number of likely N-dealkylation sites (N-methyl/N-ethyl adjacent to an activating group) is 1. The van der Waals surface area contributed by atoms with Crippen LogP contribution in [-0.4, -0.2) is 68.5 Å². The molecule has 0 saturated carbocycles. The third-order valence-corrected chi connectivity index (χ3v) is 14.5. The molecule has 0 aliphatic rings. The van der Waals surface area contributed by atoms with Gasteiger partial charge in [0.2, 0.25) is 5.91 Å². The van der Waals surface area contributed by atoms with Gasteiger partial charge in [-0.2, -0.15) is 0 Å². The van der Waals surface area contributed by atoms with Crippen LogP contribution in [-0.2, 0) is 18.4 Å². The first-order valence-electron chi connectivity index (χ1n) is 31.1. The molecule has 75 heavy (non-hydrogen) atoms. The number of allylic oxidation sites excluding steroid dienone is 15. The van der Waals surface area contributed by atoms with Crippen LogP contribution in [0.1, 0.15) is 264 Å². The smallest absolute Gasteiger partial charge is 0.268 e. The molecule has 2 N–H and O–H groups in total. The Balaban J connectivity index is 3.97. The summed E-state index contributed by atoms with van der Waals surface area (Å²) in [6.07, 6.45) is 80.9. The van der Waals surface area contributed by atoms with Crippen LogP contribution in [0, 0.1) is 0 Å². The lowest BCUT2D eigenvalue weighted by atomic mass is 10.0. The largest absolute Gasteiger partial charge is 0.756 e. The minimum atomic E-state index is -4.61. The molecule has 0 heterocycles. The normalized spacial score (nSPS) is 14.5. The molecule has 1 amide bonds. The number of nitrogens with one attached hydrogen (secondary N) is 1. The molecule has 3 atom stereocenters. The number of amides is 1. The lowest BCUT2D eigenvalue weighted by Crippen LogP contribution is -2.45. The Morgan fingerprint density at radius 3 is 1.24 bits per heavy atom. The predicted octanol–water partition coefficient (Wildman–Crippen LogP) is 18.7. The van der Waals surface area contributed by atoms with Crippen molar-refractivity contribution in [3.8, 4) is 0 Å². The van der Waals surface area contributed by atoms with Gasteiger partial charge in [-0.3, -0.25) is 9.36 Å². The fourth-order valence-electron chi connectivity index (χ4n) is 8.70. The minimum Gasteiger partial charge on any atom is -0.756 e. The van der Waals surface area contributed by atoms with Gasteiger partial charge in [-0.1, -0.05) is 272 Å². The molecule has 0 bridgehead atoms. The van der Waals surface area contributed by atoms with Crippen molar-refractivity contribution in [3.05, 3.63) is 97.2 Å². The summed E-state index contributed by atoms with van der Waals surface area (Å²) in [5.74, 6) is -0.207.